The molecule has 0 radical (unpaired) electrons. The van der Waals surface area contributed by atoms with Crippen molar-refractivity contribution in [2.45, 2.75) is 32.9 Å². The van der Waals surface area contributed by atoms with Gasteiger partial charge < -0.3 is 15.5 Å². The van der Waals surface area contributed by atoms with E-state index in [9.17, 15) is 9.59 Å². The molecule has 4 aromatic carbocycles. The minimum absolute atomic E-state index is 0.0398. The molecule has 0 fully saturated rings. The standard InChI is InChI=1S/C33H34N4O2/c1-23(2)26-17-19-28(20-18-26)36-32(38)31(34)29-11-7-8-12-30(29)35-21-24-13-15-27(16-14-24)33(39)37(3)22-25-9-5-4-6-10-25/h4-20,23,34-35H,21-22H2,1-3H3,(H,36,38). The fourth-order valence-corrected chi connectivity index (χ4v) is 4.23. The van der Waals surface area contributed by atoms with E-state index >= 15 is 0 Å². The molecule has 0 aliphatic heterocycles. The van der Waals surface area contributed by atoms with Crippen molar-refractivity contribution in [2.24, 2.45) is 0 Å². The Hall–Kier alpha value is -4.71. The number of hydrogen-bond acceptors (Lipinski definition) is 4. The highest BCUT2D eigenvalue weighted by Crippen LogP contribution is 2.20. The second kappa shape index (κ2) is 12.7. The molecule has 0 unspecified atom stereocenters. The van der Waals surface area contributed by atoms with Crippen LogP contribution in [0.4, 0.5) is 11.4 Å². The normalized spacial score (nSPS) is 10.7. The third kappa shape index (κ3) is 7.20. The Kier molecular flexibility index (Phi) is 8.90. The topological polar surface area (TPSA) is 85.3 Å². The number of rotatable bonds is 10. The van der Waals surface area contributed by atoms with Gasteiger partial charge >= 0.3 is 0 Å². The lowest BCUT2D eigenvalue weighted by Gasteiger charge is -2.18. The van der Waals surface area contributed by atoms with Crippen LogP contribution < -0.4 is 10.6 Å². The summed E-state index contributed by atoms with van der Waals surface area (Å²) in [6, 6.07) is 32.4. The van der Waals surface area contributed by atoms with Crippen molar-refractivity contribution in [1.29, 1.82) is 5.41 Å². The number of nitrogens with zero attached hydrogens (tertiary/aromatic N) is 1. The van der Waals surface area contributed by atoms with Crippen LogP contribution in [0.5, 0.6) is 0 Å². The Morgan fingerprint density at radius 2 is 1.44 bits per heavy atom. The van der Waals surface area contributed by atoms with Crippen LogP contribution in [0.15, 0.2) is 103 Å². The number of benzene rings is 4. The van der Waals surface area contributed by atoms with Gasteiger partial charge in [0.15, 0.2) is 0 Å². The number of carbonyl (C=O) groups excluding carboxylic acids is 2. The van der Waals surface area contributed by atoms with Crippen molar-refractivity contribution < 1.29 is 9.59 Å². The van der Waals surface area contributed by atoms with E-state index in [4.69, 9.17) is 5.41 Å². The molecule has 0 saturated carbocycles. The Bertz CT molecular complexity index is 1430. The summed E-state index contributed by atoms with van der Waals surface area (Å²) in [4.78, 5) is 27.4. The SMILES string of the molecule is CC(C)c1ccc(NC(=O)C(=N)c2ccccc2NCc2ccc(C(=O)N(C)Cc3ccccc3)cc2)cc1. The van der Waals surface area contributed by atoms with Gasteiger partial charge in [-0.2, -0.15) is 0 Å². The quantitative estimate of drug-likeness (QED) is 0.204. The third-order valence-electron chi connectivity index (χ3n) is 6.55. The van der Waals surface area contributed by atoms with E-state index in [-0.39, 0.29) is 11.6 Å². The zero-order valence-corrected chi connectivity index (χ0v) is 22.6. The average Bonchev–Trinajstić information content (AvgIpc) is 2.96. The highest BCUT2D eigenvalue weighted by molar-refractivity contribution is 6.48. The van der Waals surface area contributed by atoms with Gasteiger partial charge in [0, 0.05) is 42.6 Å². The van der Waals surface area contributed by atoms with Crippen molar-refractivity contribution >= 4 is 28.9 Å². The van der Waals surface area contributed by atoms with E-state index in [0.717, 1.165) is 11.1 Å². The molecule has 0 bridgehead atoms. The van der Waals surface area contributed by atoms with Crippen molar-refractivity contribution in [2.75, 3.05) is 17.7 Å². The Balaban J connectivity index is 1.36. The molecule has 3 N–H and O–H groups in total. The van der Waals surface area contributed by atoms with Crippen molar-refractivity contribution in [3.8, 4) is 0 Å². The molecule has 0 spiro atoms. The first-order valence-corrected chi connectivity index (χ1v) is 13.0. The van der Waals surface area contributed by atoms with Crippen LogP contribution in [-0.2, 0) is 17.9 Å². The average molecular weight is 519 g/mol. The number of hydrogen-bond donors (Lipinski definition) is 3. The molecule has 4 aromatic rings. The smallest absolute Gasteiger partial charge is 0.274 e. The van der Waals surface area contributed by atoms with Crippen LogP contribution >= 0.6 is 0 Å². The van der Waals surface area contributed by atoms with E-state index in [1.807, 2.05) is 97.1 Å². The lowest BCUT2D eigenvalue weighted by molar-refractivity contribution is -0.110. The highest BCUT2D eigenvalue weighted by atomic mass is 16.2. The maximum absolute atomic E-state index is 12.8. The fraction of sp³-hybridized carbons (Fsp3) is 0.182. The predicted octanol–water partition coefficient (Wildman–Crippen LogP) is 6.70. The molecule has 0 atom stereocenters. The van der Waals surface area contributed by atoms with Gasteiger partial charge in [0.2, 0.25) is 0 Å². The summed E-state index contributed by atoms with van der Waals surface area (Å²) in [6.45, 7) is 5.26. The van der Waals surface area contributed by atoms with Gasteiger partial charge in [-0.15, -0.1) is 0 Å². The van der Waals surface area contributed by atoms with Gasteiger partial charge in [-0.25, -0.2) is 0 Å². The number of para-hydroxylation sites is 1. The zero-order chi connectivity index (χ0) is 27.8. The first kappa shape index (κ1) is 27.3. The molecule has 0 aliphatic rings. The van der Waals surface area contributed by atoms with E-state index in [1.54, 1.807) is 18.0 Å². The minimum Gasteiger partial charge on any atom is -0.380 e. The maximum atomic E-state index is 12.8. The van der Waals surface area contributed by atoms with Gasteiger partial charge in [-0.3, -0.25) is 15.0 Å². The molecule has 2 amide bonds. The fourth-order valence-electron chi connectivity index (χ4n) is 4.23. The first-order valence-electron chi connectivity index (χ1n) is 13.0. The van der Waals surface area contributed by atoms with Crippen molar-refractivity contribution in [1.82, 2.24) is 4.90 Å². The second-order valence-electron chi connectivity index (χ2n) is 9.85. The summed E-state index contributed by atoms with van der Waals surface area (Å²) in [5.41, 5.74) is 5.62. The minimum atomic E-state index is -0.468. The first-order chi connectivity index (χ1) is 18.8. The molecule has 0 heterocycles. The molecule has 6 nitrogen and oxygen atoms in total. The molecule has 4 rings (SSSR count). The van der Waals surface area contributed by atoms with E-state index in [0.29, 0.717) is 41.5 Å². The monoisotopic (exact) mass is 518 g/mol. The van der Waals surface area contributed by atoms with Crippen LogP contribution in [-0.4, -0.2) is 29.5 Å². The van der Waals surface area contributed by atoms with Gasteiger partial charge in [0.05, 0.1) is 0 Å². The third-order valence-corrected chi connectivity index (χ3v) is 6.55. The molecule has 39 heavy (non-hydrogen) atoms. The summed E-state index contributed by atoms with van der Waals surface area (Å²) in [7, 11) is 1.80. The molecular formula is C33H34N4O2. The molecule has 0 saturated heterocycles. The summed E-state index contributed by atoms with van der Waals surface area (Å²) in [5.74, 6) is -0.102. The summed E-state index contributed by atoms with van der Waals surface area (Å²) >= 11 is 0. The number of nitrogens with one attached hydrogen (secondary N) is 3. The number of anilines is 2. The number of amides is 2. The van der Waals surface area contributed by atoms with Crippen molar-refractivity contribution in [3.05, 3.63) is 131 Å². The van der Waals surface area contributed by atoms with Crippen LogP contribution in [0, 0.1) is 5.41 Å². The Morgan fingerprint density at radius 3 is 2.10 bits per heavy atom. The lowest BCUT2D eigenvalue weighted by Crippen LogP contribution is -2.26. The summed E-state index contributed by atoms with van der Waals surface area (Å²) < 4.78 is 0. The lowest BCUT2D eigenvalue weighted by atomic mass is 10.0. The van der Waals surface area contributed by atoms with Crippen LogP contribution in [0.1, 0.15) is 52.4 Å². The molecular weight excluding hydrogens is 484 g/mol. The van der Waals surface area contributed by atoms with E-state index in [2.05, 4.69) is 24.5 Å². The molecule has 198 valence electrons. The van der Waals surface area contributed by atoms with Gasteiger partial charge in [0.1, 0.15) is 5.71 Å². The highest BCUT2D eigenvalue weighted by Gasteiger charge is 2.16. The van der Waals surface area contributed by atoms with Gasteiger partial charge in [-0.1, -0.05) is 86.6 Å². The Morgan fingerprint density at radius 1 is 0.795 bits per heavy atom. The van der Waals surface area contributed by atoms with E-state index < -0.39 is 5.91 Å². The summed E-state index contributed by atoms with van der Waals surface area (Å²) in [6.07, 6.45) is 0. The summed E-state index contributed by atoms with van der Waals surface area (Å²) in [5, 5.41) is 14.7. The van der Waals surface area contributed by atoms with Gasteiger partial charge in [-0.05, 0) is 52.9 Å². The largest absolute Gasteiger partial charge is 0.380 e. The maximum Gasteiger partial charge on any atom is 0.274 e. The predicted molar refractivity (Wildman–Crippen MR) is 158 cm³/mol. The Labute approximate surface area is 230 Å². The molecule has 0 aliphatic carbocycles. The molecule has 0 aromatic heterocycles. The van der Waals surface area contributed by atoms with Crippen LogP contribution in [0.25, 0.3) is 0 Å². The molecule has 6 heteroatoms. The van der Waals surface area contributed by atoms with E-state index in [1.165, 1.54) is 5.56 Å². The second-order valence-corrected chi connectivity index (χ2v) is 9.85. The zero-order valence-electron chi connectivity index (χ0n) is 22.6. The van der Waals surface area contributed by atoms with Crippen LogP contribution in [0.3, 0.4) is 0 Å². The number of carbonyl (C=O) groups is 2. The van der Waals surface area contributed by atoms with Crippen molar-refractivity contribution in [3.63, 3.8) is 0 Å². The van der Waals surface area contributed by atoms with Crippen LogP contribution in [0.2, 0.25) is 0 Å². The van der Waals surface area contributed by atoms with Gasteiger partial charge in [0.25, 0.3) is 11.8 Å².